The summed E-state index contributed by atoms with van der Waals surface area (Å²) in [5, 5.41) is 18.0. The van der Waals surface area contributed by atoms with Gasteiger partial charge < -0.3 is 19.7 Å². The van der Waals surface area contributed by atoms with Crippen LogP contribution in [0.2, 0.25) is 0 Å². The van der Waals surface area contributed by atoms with Crippen LogP contribution in [0, 0.1) is 5.92 Å². The lowest BCUT2D eigenvalue weighted by Crippen LogP contribution is -2.39. The highest BCUT2D eigenvalue weighted by molar-refractivity contribution is 5.85. The number of carbonyl (C=O) groups excluding carboxylic acids is 1. The molecule has 0 aromatic carbocycles. The zero-order valence-electron chi connectivity index (χ0n) is 11.1. The topological polar surface area (TPSA) is 110 Å². The molecule has 0 rings (SSSR count). The van der Waals surface area contributed by atoms with E-state index in [0.717, 1.165) is 0 Å². The maximum atomic E-state index is 11.4. The Kier molecular flexibility index (Phi) is 8.52. The molecule has 0 bridgehead atoms. The SMILES string of the molecule is CCCOC(=O)CC(C(=O)O)C(OCCC)C(=O)O. The maximum Gasteiger partial charge on any atom is 0.333 e. The zero-order chi connectivity index (χ0) is 14.8. The van der Waals surface area contributed by atoms with Gasteiger partial charge in [0.05, 0.1) is 13.0 Å². The van der Waals surface area contributed by atoms with E-state index in [1.165, 1.54) is 0 Å². The molecule has 19 heavy (non-hydrogen) atoms. The Labute approximate surface area is 111 Å². The maximum absolute atomic E-state index is 11.4. The summed E-state index contributed by atoms with van der Waals surface area (Å²) in [5.74, 6) is -4.98. The van der Waals surface area contributed by atoms with Gasteiger partial charge in [0.15, 0.2) is 6.10 Å². The summed E-state index contributed by atoms with van der Waals surface area (Å²) < 4.78 is 9.75. The first kappa shape index (κ1) is 17.4. The lowest BCUT2D eigenvalue weighted by molar-refractivity contribution is -0.167. The average Bonchev–Trinajstić information content (AvgIpc) is 2.34. The quantitative estimate of drug-likeness (QED) is 0.570. The number of carboxylic acids is 2. The number of carbonyl (C=O) groups is 3. The molecular formula is C12H20O7. The third-order valence-corrected chi connectivity index (χ3v) is 2.28. The zero-order valence-corrected chi connectivity index (χ0v) is 11.1. The largest absolute Gasteiger partial charge is 0.481 e. The van der Waals surface area contributed by atoms with Gasteiger partial charge in [-0.1, -0.05) is 13.8 Å². The predicted molar refractivity (Wildman–Crippen MR) is 64.7 cm³/mol. The van der Waals surface area contributed by atoms with E-state index in [-0.39, 0.29) is 13.2 Å². The van der Waals surface area contributed by atoms with Crippen molar-refractivity contribution in [1.29, 1.82) is 0 Å². The Bertz CT molecular complexity index is 313. The van der Waals surface area contributed by atoms with Crippen LogP contribution < -0.4 is 0 Å². The van der Waals surface area contributed by atoms with E-state index >= 15 is 0 Å². The Hall–Kier alpha value is -1.63. The molecule has 0 aliphatic carbocycles. The lowest BCUT2D eigenvalue weighted by atomic mass is 9.98. The Morgan fingerprint density at radius 1 is 1.00 bits per heavy atom. The summed E-state index contributed by atoms with van der Waals surface area (Å²) in [6.45, 7) is 3.86. The molecule has 0 heterocycles. The number of esters is 1. The van der Waals surface area contributed by atoms with E-state index in [0.29, 0.717) is 12.8 Å². The Morgan fingerprint density at radius 3 is 2.00 bits per heavy atom. The summed E-state index contributed by atoms with van der Waals surface area (Å²) in [6, 6.07) is 0. The highest BCUT2D eigenvalue weighted by Crippen LogP contribution is 2.15. The van der Waals surface area contributed by atoms with Gasteiger partial charge in [-0.05, 0) is 12.8 Å². The molecule has 0 saturated carbocycles. The molecule has 0 aliphatic heterocycles. The summed E-state index contributed by atoms with van der Waals surface area (Å²) in [6.07, 6.45) is -0.906. The molecule has 2 atom stereocenters. The molecule has 0 aliphatic rings. The van der Waals surface area contributed by atoms with Crippen LogP contribution in [0.5, 0.6) is 0 Å². The van der Waals surface area contributed by atoms with Gasteiger partial charge >= 0.3 is 17.9 Å². The highest BCUT2D eigenvalue weighted by Gasteiger charge is 2.36. The van der Waals surface area contributed by atoms with Crippen LogP contribution in [0.4, 0.5) is 0 Å². The van der Waals surface area contributed by atoms with E-state index in [2.05, 4.69) is 0 Å². The molecule has 7 heteroatoms. The summed E-state index contributed by atoms with van der Waals surface area (Å²) in [7, 11) is 0. The van der Waals surface area contributed by atoms with Gasteiger partial charge in [-0.15, -0.1) is 0 Å². The molecule has 0 radical (unpaired) electrons. The first-order chi connectivity index (χ1) is 8.93. The van der Waals surface area contributed by atoms with Crippen molar-refractivity contribution in [3.8, 4) is 0 Å². The Balaban J connectivity index is 4.70. The van der Waals surface area contributed by atoms with E-state index in [1.54, 1.807) is 13.8 Å². The normalized spacial score (nSPS) is 13.6. The smallest absolute Gasteiger partial charge is 0.333 e. The van der Waals surface area contributed by atoms with Crippen LogP contribution in [0.1, 0.15) is 33.1 Å². The minimum atomic E-state index is -1.55. The van der Waals surface area contributed by atoms with Crippen molar-refractivity contribution in [3.05, 3.63) is 0 Å². The molecule has 0 aromatic heterocycles. The molecule has 0 aromatic rings. The number of hydrogen-bond donors (Lipinski definition) is 2. The summed E-state index contributed by atoms with van der Waals surface area (Å²) in [5.41, 5.74) is 0. The fourth-order valence-electron chi connectivity index (χ4n) is 1.38. The second kappa shape index (κ2) is 9.32. The van der Waals surface area contributed by atoms with Crippen molar-refractivity contribution in [2.24, 2.45) is 5.92 Å². The van der Waals surface area contributed by atoms with Gasteiger partial charge in [-0.3, -0.25) is 9.59 Å². The van der Waals surface area contributed by atoms with Crippen molar-refractivity contribution in [2.45, 2.75) is 39.2 Å². The molecule has 2 N–H and O–H groups in total. The van der Waals surface area contributed by atoms with Crippen LogP contribution >= 0.6 is 0 Å². The molecule has 110 valence electrons. The van der Waals surface area contributed by atoms with Gasteiger partial charge in [-0.25, -0.2) is 4.79 Å². The minimum Gasteiger partial charge on any atom is -0.481 e. The van der Waals surface area contributed by atoms with Gasteiger partial charge in [0, 0.05) is 6.61 Å². The number of rotatable bonds is 10. The summed E-state index contributed by atoms with van der Waals surface area (Å²) in [4.78, 5) is 33.5. The highest BCUT2D eigenvalue weighted by atomic mass is 16.5. The molecule has 7 nitrogen and oxygen atoms in total. The molecule has 0 spiro atoms. The van der Waals surface area contributed by atoms with E-state index in [4.69, 9.17) is 19.7 Å². The number of hydrogen-bond acceptors (Lipinski definition) is 5. The predicted octanol–water partition coefficient (Wildman–Crippen LogP) is 0.910. The van der Waals surface area contributed by atoms with Crippen LogP contribution in [0.25, 0.3) is 0 Å². The minimum absolute atomic E-state index is 0.116. The van der Waals surface area contributed by atoms with Crippen molar-refractivity contribution in [1.82, 2.24) is 0 Å². The molecule has 0 saturated heterocycles. The second-order valence-corrected chi connectivity index (χ2v) is 4.00. The van der Waals surface area contributed by atoms with E-state index in [1.807, 2.05) is 0 Å². The van der Waals surface area contributed by atoms with Crippen molar-refractivity contribution >= 4 is 17.9 Å². The average molecular weight is 276 g/mol. The number of aliphatic carboxylic acids is 2. The number of carboxylic acid groups (broad SMARTS) is 2. The number of ether oxygens (including phenoxy) is 2. The third kappa shape index (κ3) is 6.76. The first-order valence-corrected chi connectivity index (χ1v) is 6.16. The fraction of sp³-hybridized carbons (Fsp3) is 0.750. The van der Waals surface area contributed by atoms with Gasteiger partial charge in [0.1, 0.15) is 5.92 Å². The van der Waals surface area contributed by atoms with Crippen LogP contribution in [0.3, 0.4) is 0 Å². The van der Waals surface area contributed by atoms with Crippen LogP contribution in [-0.4, -0.2) is 47.4 Å². The second-order valence-electron chi connectivity index (χ2n) is 4.00. The molecule has 2 unspecified atom stereocenters. The molecule has 0 amide bonds. The fourth-order valence-corrected chi connectivity index (χ4v) is 1.38. The van der Waals surface area contributed by atoms with Gasteiger partial charge in [0.25, 0.3) is 0 Å². The Morgan fingerprint density at radius 2 is 1.58 bits per heavy atom. The van der Waals surface area contributed by atoms with E-state index < -0.39 is 36.4 Å². The molecular weight excluding hydrogens is 256 g/mol. The third-order valence-electron chi connectivity index (χ3n) is 2.28. The van der Waals surface area contributed by atoms with Crippen LogP contribution in [-0.2, 0) is 23.9 Å². The molecule has 0 fully saturated rings. The van der Waals surface area contributed by atoms with Crippen molar-refractivity contribution in [3.63, 3.8) is 0 Å². The van der Waals surface area contributed by atoms with Gasteiger partial charge in [-0.2, -0.15) is 0 Å². The lowest BCUT2D eigenvalue weighted by Gasteiger charge is -2.19. The van der Waals surface area contributed by atoms with Gasteiger partial charge in [0.2, 0.25) is 0 Å². The summed E-state index contributed by atoms with van der Waals surface area (Å²) >= 11 is 0. The monoisotopic (exact) mass is 276 g/mol. The van der Waals surface area contributed by atoms with Crippen LogP contribution in [0.15, 0.2) is 0 Å². The van der Waals surface area contributed by atoms with Crippen molar-refractivity contribution < 1.29 is 34.1 Å². The van der Waals surface area contributed by atoms with Crippen molar-refractivity contribution in [2.75, 3.05) is 13.2 Å². The van der Waals surface area contributed by atoms with E-state index in [9.17, 15) is 14.4 Å². The first-order valence-electron chi connectivity index (χ1n) is 6.16. The standard InChI is InChI=1S/C12H20O7/c1-3-5-18-9(13)7-8(11(14)15)10(12(16)17)19-6-4-2/h8,10H,3-7H2,1-2H3,(H,14,15)(H,16,17).